The summed E-state index contributed by atoms with van der Waals surface area (Å²) in [6, 6.07) is 9.99. The highest BCUT2D eigenvalue weighted by Crippen LogP contribution is 2.17. The number of hydrogen-bond acceptors (Lipinski definition) is 4. The zero-order valence-corrected chi connectivity index (χ0v) is 15.2. The van der Waals surface area contributed by atoms with Gasteiger partial charge in [-0.05, 0) is 23.5 Å². The third kappa shape index (κ3) is 7.00. The summed E-state index contributed by atoms with van der Waals surface area (Å²) in [6.45, 7) is 7.17. The van der Waals surface area contributed by atoms with E-state index in [1.54, 1.807) is 0 Å². The van der Waals surface area contributed by atoms with Crippen LogP contribution in [-0.2, 0) is 4.79 Å². The predicted molar refractivity (Wildman–Crippen MR) is 99.6 cm³/mol. The largest absolute Gasteiger partial charge is 0.355 e. The van der Waals surface area contributed by atoms with Crippen LogP contribution in [0.1, 0.15) is 38.6 Å². The molecule has 0 saturated heterocycles. The van der Waals surface area contributed by atoms with Crippen LogP contribution in [0.3, 0.4) is 0 Å². The summed E-state index contributed by atoms with van der Waals surface area (Å²) in [7, 11) is 0. The summed E-state index contributed by atoms with van der Waals surface area (Å²) >= 11 is 1.33. The Bertz CT molecular complexity index is 674. The first-order valence-corrected chi connectivity index (χ1v) is 8.96. The molecule has 0 radical (unpaired) electrons. The van der Waals surface area contributed by atoms with Crippen molar-refractivity contribution in [3.05, 3.63) is 41.7 Å². The molecule has 0 aliphatic heterocycles. The van der Waals surface area contributed by atoms with Gasteiger partial charge < -0.3 is 5.32 Å². The highest BCUT2D eigenvalue weighted by Gasteiger charge is 2.11. The molecule has 0 atom stereocenters. The number of nitrogens with zero attached hydrogens (tertiary/aromatic N) is 2. The molecule has 5 nitrogen and oxygen atoms in total. The van der Waals surface area contributed by atoms with Gasteiger partial charge in [0.05, 0.1) is 5.75 Å². The smallest absolute Gasteiger partial charge is 0.230 e. The summed E-state index contributed by atoms with van der Waals surface area (Å²) in [6.07, 6.45) is 4.79. The number of benzene rings is 1. The standard InChI is InChI=1S/C18H24N4OS/c1-18(2,3)11-12-19-16(23)13-24-17-20-15(21-22-17)10-9-14-7-5-4-6-8-14/h4-10H,11-13H2,1-3H3,(H,19,23)(H,20,21,22). The third-order valence-corrected chi connectivity index (χ3v) is 4.09. The molecule has 1 amide bonds. The van der Waals surface area contributed by atoms with Crippen LogP contribution >= 0.6 is 11.8 Å². The molecule has 2 rings (SSSR count). The molecule has 0 unspecified atom stereocenters. The van der Waals surface area contributed by atoms with Gasteiger partial charge in [0.2, 0.25) is 11.1 Å². The lowest BCUT2D eigenvalue weighted by molar-refractivity contribution is -0.118. The fourth-order valence-electron chi connectivity index (χ4n) is 1.89. The van der Waals surface area contributed by atoms with Crippen LogP contribution < -0.4 is 5.32 Å². The summed E-state index contributed by atoms with van der Waals surface area (Å²) in [5.41, 5.74) is 1.32. The van der Waals surface area contributed by atoms with Crippen molar-refractivity contribution < 1.29 is 4.79 Å². The van der Waals surface area contributed by atoms with Crippen molar-refractivity contribution in [3.8, 4) is 0 Å². The summed E-state index contributed by atoms with van der Waals surface area (Å²) in [5.74, 6) is 1.01. The summed E-state index contributed by atoms with van der Waals surface area (Å²) in [4.78, 5) is 16.2. The van der Waals surface area contributed by atoms with Gasteiger partial charge in [0.15, 0.2) is 0 Å². The fraction of sp³-hybridized carbons (Fsp3) is 0.389. The first kappa shape index (κ1) is 18.3. The number of aromatic nitrogens is 3. The van der Waals surface area contributed by atoms with Crippen LogP contribution in [0.5, 0.6) is 0 Å². The van der Waals surface area contributed by atoms with Gasteiger partial charge in [-0.2, -0.15) is 0 Å². The van der Waals surface area contributed by atoms with Gasteiger partial charge in [0, 0.05) is 6.54 Å². The Labute approximate surface area is 147 Å². The van der Waals surface area contributed by atoms with Gasteiger partial charge in [-0.15, -0.1) is 5.10 Å². The van der Waals surface area contributed by atoms with Crippen molar-refractivity contribution in [2.75, 3.05) is 12.3 Å². The number of H-pyrrole nitrogens is 1. The van der Waals surface area contributed by atoms with E-state index in [2.05, 4.69) is 41.3 Å². The Kier molecular flexibility index (Phi) is 6.61. The highest BCUT2D eigenvalue weighted by molar-refractivity contribution is 7.99. The average Bonchev–Trinajstić information content (AvgIpc) is 2.99. The van der Waals surface area contributed by atoms with E-state index in [4.69, 9.17) is 0 Å². The highest BCUT2D eigenvalue weighted by atomic mass is 32.2. The van der Waals surface area contributed by atoms with E-state index in [0.29, 0.717) is 23.3 Å². The van der Waals surface area contributed by atoms with Gasteiger partial charge in [0.25, 0.3) is 0 Å². The monoisotopic (exact) mass is 344 g/mol. The number of amides is 1. The lowest BCUT2D eigenvalue weighted by Gasteiger charge is -2.17. The zero-order chi connectivity index (χ0) is 17.4. The third-order valence-electron chi connectivity index (χ3n) is 3.24. The van der Waals surface area contributed by atoms with E-state index in [1.807, 2.05) is 42.5 Å². The first-order valence-electron chi connectivity index (χ1n) is 7.97. The Morgan fingerprint density at radius 2 is 2.00 bits per heavy atom. The topological polar surface area (TPSA) is 70.7 Å². The molecule has 0 aliphatic rings. The van der Waals surface area contributed by atoms with Crippen LogP contribution in [0.15, 0.2) is 35.5 Å². The van der Waals surface area contributed by atoms with Crippen LogP contribution in [0, 0.1) is 5.41 Å². The van der Waals surface area contributed by atoms with E-state index >= 15 is 0 Å². The fourth-order valence-corrected chi connectivity index (χ4v) is 2.53. The van der Waals surface area contributed by atoms with E-state index in [9.17, 15) is 4.79 Å². The molecule has 0 saturated carbocycles. The van der Waals surface area contributed by atoms with E-state index in [-0.39, 0.29) is 11.3 Å². The minimum atomic E-state index is 0.00966. The average molecular weight is 344 g/mol. The van der Waals surface area contributed by atoms with Gasteiger partial charge in [-0.3, -0.25) is 9.89 Å². The van der Waals surface area contributed by atoms with E-state index in [1.165, 1.54) is 11.8 Å². The molecule has 2 aromatic rings. The molecule has 6 heteroatoms. The summed E-state index contributed by atoms with van der Waals surface area (Å²) in [5, 5.41) is 10.5. The summed E-state index contributed by atoms with van der Waals surface area (Å²) < 4.78 is 0. The maximum Gasteiger partial charge on any atom is 0.230 e. The Balaban J connectivity index is 1.75. The Morgan fingerprint density at radius 3 is 2.71 bits per heavy atom. The van der Waals surface area contributed by atoms with Crippen LogP contribution in [0.2, 0.25) is 0 Å². The maximum atomic E-state index is 11.8. The van der Waals surface area contributed by atoms with Crippen LogP contribution in [-0.4, -0.2) is 33.4 Å². The van der Waals surface area contributed by atoms with Gasteiger partial charge in [-0.1, -0.05) is 68.9 Å². The van der Waals surface area contributed by atoms with E-state index in [0.717, 1.165) is 12.0 Å². The molecule has 2 N–H and O–H groups in total. The molecule has 1 aromatic carbocycles. The predicted octanol–water partition coefficient (Wildman–Crippen LogP) is 3.62. The molecule has 0 fully saturated rings. The molecule has 1 heterocycles. The molecule has 24 heavy (non-hydrogen) atoms. The molecule has 128 valence electrons. The molecule has 0 aliphatic carbocycles. The lowest BCUT2D eigenvalue weighted by atomic mass is 9.92. The van der Waals surface area contributed by atoms with E-state index < -0.39 is 0 Å². The second-order valence-electron chi connectivity index (χ2n) is 6.70. The second-order valence-corrected chi connectivity index (χ2v) is 7.64. The van der Waals surface area contributed by atoms with Crippen molar-refractivity contribution in [1.29, 1.82) is 0 Å². The van der Waals surface area contributed by atoms with Crippen molar-refractivity contribution in [2.24, 2.45) is 5.41 Å². The van der Waals surface area contributed by atoms with Crippen molar-refractivity contribution in [1.82, 2.24) is 20.5 Å². The second kappa shape index (κ2) is 8.68. The van der Waals surface area contributed by atoms with Gasteiger partial charge in [-0.25, -0.2) is 4.98 Å². The van der Waals surface area contributed by atoms with Crippen molar-refractivity contribution >= 4 is 29.8 Å². The maximum absolute atomic E-state index is 11.8. The van der Waals surface area contributed by atoms with Crippen LogP contribution in [0.25, 0.3) is 12.2 Å². The zero-order valence-electron chi connectivity index (χ0n) is 14.4. The number of carbonyl (C=O) groups excluding carboxylic acids is 1. The Hall–Kier alpha value is -2.08. The molecule has 1 aromatic heterocycles. The van der Waals surface area contributed by atoms with Crippen LogP contribution in [0.4, 0.5) is 0 Å². The number of carbonyl (C=O) groups is 1. The molecular weight excluding hydrogens is 320 g/mol. The van der Waals surface area contributed by atoms with Crippen molar-refractivity contribution in [3.63, 3.8) is 0 Å². The normalized spacial score (nSPS) is 11.8. The molecular formula is C18H24N4OS. The first-order chi connectivity index (χ1) is 11.4. The Morgan fingerprint density at radius 1 is 1.25 bits per heavy atom. The number of nitrogens with one attached hydrogen (secondary N) is 2. The number of hydrogen-bond donors (Lipinski definition) is 2. The van der Waals surface area contributed by atoms with Crippen molar-refractivity contribution in [2.45, 2.75) is 32.3 Å². The minimum absolute atomic E-state index is 0.00966. The number of thioether (sulfide) groups is 1. The molecule has 0 spiro atoms. The quantitative estimate of drug-likeness (QED) is 0.753. The number of rotatable bonds is 7. The van der Waals surface area contributed by atoms with Gasteiger partial charge in [0.1, 0.15) is 5.82 Å². The number of aromatic amines is 1. The van der Waals surface area contributed by atoms with Gasteiger partial charge >= 0.3 is 0 Å². The minimum Gasteiger partial charge on any atom is -0.355 e. The SMILES string of the molecule is CC(C)(C)CCNC(=O)CSc1n[nH]c(C=Cc2ccccc2)n1. The lowest BCUT2D eigenvalue weighted by Crippen LogP contribution is -2.28. The molecule has 0 bridgehead atoms.